The monoisotopic (exact) mass is 329 g/mol. The normalized spacial score (nSPS) is 11.9. The Morgan fingerprint density at radius 3 is 2.67 bits per heavy atom. The topological polar surface area (TPSA) is 75.4 Å². The molecule has 0 spiro atoms. The Kier molecular flexibility index (Phi) is 7.01. The van der Waals surface area contributed by atoms with E-state index in [4.69, 9.17) is 17.3 Å². The molecule has 0 aliphatic heterocycles. The third-order valence-corrected chi connectivity index (χ3v) is 3.81. The third-order valence-electron chi connectivity index (χ3n) is 2.84. The maximum absolute atomic E-state index is 12.0. The molecule has 0 fully saturated rings. The molecule has 21 heavy (non-hydrogen) atoms. The zero-order valence-electron chi connectivity index (χ0n) is 12.4. The van der Waals surface area contributed by atoms with E-state index in [0.717, 1.165) is 5.75 Å². The number of nitrogens with one attached hydrogen (secondary N) is 1. The summed E-state index contributed by atoms with van der Waals surface area (Å²) in [7, 11) is 3.28. The average Bonchev–Trinajstić information content (AvgIpc) is 2.45. The molecule has 1 aromatic rings. The number of halogens is 1. The van der Waals surface area contributed by atoms with Gasteiger partial charge in [0, 0.05) is 19.8 Å². The van der Waals surface area contributed by atoms with Crippen molar-refractivity contribution in [3.05, 3.63) is 28.8 Å². The van der Waals surface area contributed by atoms with Crippen molar-refractivity contribution in [2.24, 2.45) is 5.73 Å². The average molecular weight is 330 g/mol. The second-order valence-corrected chi connectivity index (χ2v) is 6.16. The van der Waals surface area contributed by atoms with Gasteiger partial charge in [-0.1, -0.05) is 11.6 Å². The number of nitrogens with zero attached hydrogens (tertiary/aromatic N) is 1. The summed E-state index contributed by atoms with van der Waals surface area (Å²) in [4.78, 5) is 25.4. The van der Waals surface area contributed by atoms with Gasteiger partial charge in [0.1, 0.15) is 0 Å². The van der Waals surface area contributed by atoms with Crippen LogP contribution in [0, 0.1) is 0 Å². The quantitative estimate of drug-likeness (QED) is 0.837. The summed E-state index contributed by atoms with van der Waals surface area (Å²) in [6.07, 6.45) is 2.56. The van der Waals surface area contributed by atoms with Gasteiger partial charge in [-0.15, -0.1) is 0 Å². The molecule has 0 saturated carbocycles. The van der Waals surface area contributed by atoms with Gasteiger partial charge in [-0.05, 0) is 36.6 Å². The van der Waals surface area contributed by atoms with E-state index in [0.29, 0.717) is 22.7 Å². The minimum absolute atomic E-state index is 0.220. The van der Waals surface area contributed by atoms with Gasteiger partial charge in [0.25, 0.3) is 5.91 Å². The number of carbonyl (C=O) groups excluding carboxylic acids is 2. The van der Waals surface area contributed by atoms with Crippen LogP contribution in [0.5, 0.6) is 0 Å². The second-order valence-electron chi connectivity index (χ2n) is 4.77. The number of hydrogen-bond donors (Lipinski definition) is 2. The lowest BCUT2D eigenvalue weighted by Crippen LogP contribution is -2.36. The van der Waals surface area contributed by atoms with Crippen molar-refractivity contribution >= 4 is 40.9 Å². The molecule has 3 N–H and O–H groups in total. The Labute approximate surface area is 134 Å². The van der Waals surface area contributed by atoms with Crippen molar-refractivity contribution in [3.8, 4) is 0 Å². The summed E-state index contributed by atoms with van der Waals surface area (Å²) in [5.74, 6) is 0.331. The Bertz CT molecular complexity index is 523. The van der Waals surface area contributed by atoms with E-state index in [1.807, 2.05) is 6.26 Å². The van der Waals surface area contributed by atoms with E-state index in [1.165, 1.54) is 4.90 Å². The van der Waals surface area contributed by atoms with Crippen LogP contribution in [-0.2, 0) is 4.79 Å². The van der Waals surface area contributed by atoms with E-state index in [-0.39, 0.29) is 11.8 Å². The smallest absolute Gasteiger partial charge is 0.254 e. The van der Waals surface area contributed by atoms with Gasteiger partial charge < -0.3 is 16.0 Å². The summed E-state index contributed by atoms with van der Waals surface area (Å²) in [6, 6.07) is 4.22. The molecule has 0 aliphatic carbocycles. The van der Waals surface area contributed by atoms with Crippen LogP contribution in [0.2, 0.25) is 5.02 Å². The first kappa shape index (κ1) is 17.8. The molecule has 0 unspecified atom stereocenters. The number of rotatable bonds is 6. The zero-order chi connectivity index (χ0) is 16.0. The lowest BCUT2D eigenvalue weighted by atomic mass is 10.1. The third kappa shape index (κ3) is 5.22. The second kappa shape index (κ2) is 8.26. The molecular formula is C14H20ClN3O2S. The van der Waals surface area contributed by atoms with Crippen molar-refractivity contribution in [2.45, 2.75) is 12.5 Å². The molecule has 0 aliphatic rings. The fourth-order valence-corrected chi connectivity index (χ4v) is 2.31. The Hall–Kier alpha value is -1.24. The standard InChI is InChI=1S/C14H20ClN3O2S/c1-18(2)14(20)10-8-9(4-5-11(10)15)17-13(19)12(16)6-7-21-3/h4-5,8,12H,6-7,16H2,1-3H3,(H,17,19)/t12-/m1/s1. The van der Waals surface area contributed by atoms with Crippen LogP contribution in [0.4, 0.5) is 5.69 Å². The molecule has 0 saturated heterocycles. The predicted octanol–water partition coefficient (Wildman–Crippen LogP) is 2.06. The van der Waals surface area contributed by atoms with Gasteiger partial charge in [-0.2, -0.15) is 11.8 Å². The maximum Gasteiger partial charge on any atom is 0.254 e. The van der Waals surface area contributed by atoms with Crippen molar-refractivity contribution in [1.29, 1.82) is 0 Å². The van der Waals surface area contributed by atoms with Crippen molar-refractivity contribution in [1.82, 2.24) is 4.90 Å². The fraction of sp³-hybridized carbons (Fsp3) is 0.429. The van der Waals surface area contributed by atoms with Gasteiger partial charge in [0.2, 0.25) is 5.91 Å². The van der Waals surface area contributed by atoms with Crippen molar-refractivity contribution < 1.29 is 9.59 Å². The van der Waals surface area contributed by atoms with Crippen LogP contribution in [0.1, 0.15) is 16.8 Å². The van der Waals surface area contributed by atoms with Gasteiger partial charge in [-0.25, -0.2) is 0 Å². The van der Waals surface area contributed by atoms with Gasteiger partial charge in [0.15, 0.2) is 0 Å². The zero-order valence-corrected chi connectivity index (χ0v) is 13.9. The van der Waals surface area contributed by atoms with Crippen molar-refractivity contribution in [2.75, 3.05) is 31.4 Å². The maximum atomic E-state index is 12.0. The molecular weight excluding hydrogens is 310 g/mol. The number of hydrogen-bond acceptors (Lipinski definition) is 4. The SMILES string of the molecule is CSCC[C@@H](N)C(=O)Nc1ccc(Cl)c(C(=O)N(C)C)c1. The van der Waals surface area contributed by atoms with Crippen LogP contribution in [0.3, 0.4) is 0 Å². The van der Waals surface area contributed by atoms with Gasteiger partial charge >= 0.3 is 0 Å². The molecule has 0 aromatic heterocycles. The van der Waals surface area contributed by atoms with Gasteiger partial charge in [-0.3, -0.25) is 9.59 Å². The highest BCUT2D eigenvalue weighted by atomic mass is 35.5. The molecule has 1 aromatic carbocycles. The summed E-state index contributed by atoms with van der Waals surface area (Å²) in [6.45, 7) is 0. The first-order chi connectivity index (χ1) is 9.86. The molecule has 5 nitrogen and oxygen atoms in total. The minimum atomic E-state index is -0.568. The molecule has 116 valence electrons. The largest absolute Gasteiger partial charge is 0.345 e. The number of benzene rings is 1. The highest BCUT2D eigenvalue weighted by Gasteiger charge is 2.16. The van der Waals surface area contributed by atoms with Crippen LogP contribution in [0.25, 0.3) is 0 Å². The fourth-order valence-electron chi connectivity index (χ4n) is 1.62. The number of nitrogens with two attached hydrogens (primary N) is 1. The Balaban J connectivity index is 2.83. The van der Waals surface area contributed by atoms with Crippen LogP contribution < -0.4 is 11.1 Å². The van der Waals surface area contributed by atoms with Crippen LogP contribution in [0.15, 0.2) is 18.2 Å². The van der Waals surface area contributed by atoms with E-state index in [9.17, 15) is 9.59 Å². The predicted molar refractivity (Wildman–Crippen MR) is 89.1 cm³/mol. The summed E-state index contributed by atoms with van der Waals surface area (Å²) < 4.78 is 0. The van der Waals surface area contributed by atoms with Crippen LogP contribution >= 0.6 is 23.4 Å². The Morgan fingerprint density at radius 2 is 2.10 bits per heavy atom. The lowest BCUT2D eigenvalue weighted by molar-refractivity contribution is -0.117. The molecule has 1 atom stereocenters. The van der Waals surface area contributed by atoms with E-state index >= 15 is 0 Å². The highest BCUT2D eigenvalue weighted by Crippen LogP contribution is 2.22. The number of amides is 2. The summed E-state index contributed by atoms with van der Waals surface area (Å²) >= 11 is 7.65. The lowest BCUT2D eigenvalue weighted by Gasteiger charge is -2.15. The minimum Gasteiger partial charge on any atom is -0.345 e. The molecule has 0 bridgehead atoms. The van der Waals surface area contributed by atoms with E-state index in [1.54, 1.807) is 44.1 Å². The first-order valence-corrected chi connectivity index (χ1v) is 8.20. The molecule has 0 radical (unpaired) electrons. The first-order valence-electron chi connectivity index (χ1n) is 6.43. The molecule has 2 amide bonds. The van der Waals surface area contributed by atoms with Gasteiger partial charge in [0.05, 0.1) is 16.6 Å². The number of carbonyl (C=O) groups is 2. The van der Waals surface area contributed by atoms with Crippen molar-refractivity contribution in [3.63, 3.8) is 0 Å². The van der Waals surface area contributed by atoms with E-state index in [2.05, 4.69) is 5.32 Å². The summed E-state index contributed by atoms with van der Waals surface area (Å²) in [5.41, 5.74) is 6.65. The highest BCUT2D eigenvalue weighted by molar-refractivity contribution is 7.98. The van der Waals surface area contributed by atoms with Crippen LogP contribution in [-0.4, -0.2) is 48.9 Å². The number of thioether (sulfide) groups is 1. The molecule has 1 rings (SSSR count). The molecule has 0 heterocycles. The summed E-state index contributed by atoms with van der Waals surface area (Å²) in [5, 5.41) is 3.06. The Morgan fingerprint density at radius 1 is 1.43 bits per heavy atom. The number of anilines is 1. The van der Waals surface area contributed by atoms with E-state index < -0.39 is 6.04 Å². The molecule has 7 heteroatoms.